The first-order valence-electron chi connectivity index (χ1n) is 8.69. The van der Waals surface area contributed by atoms with Gasteiger partial charge in [-0.2, -0.15) is 23.3 Å². The highest BCUT2D eigenvalue weighted by Gasteiger charge is 2.32. The lowest BCUT2D eigenvalue weighted by Crippen LogP contribution is -2.20. The number of fused-ring (bicyclic) bond motifs is 1. The number of alkyl halides is 4. The Labute approximate surface area is 162 Å². The van der Waals surface area contributed by atoms with Gasteiger partial charge in [-0.05, 0) is 18.6 Å². The predicted molar refractivity (Wildman–Crippen MR) is 97.1 cm³/mol. The van der Waals surface area contributed by atoms with Crippen molar-refractivity contribution in [2.24, 2.45) is 0 Å². The summed E-state index contributed by atoms with van der Waals surface area (Å²) in [5.41, 5.74) is -1.95. The molecule has 0 aliphatic heterocycles. The average molecular weight is 415 g/mol. The van der Waals surface area contributed by atoms with Crippen molar-refractivity contribution in [3.8, 4) is 0 Å². The first kappa shape index (κ1) is 20.7. The number of hydrogen-bond acceptors (Lipinski definition) is 4. The van der Waals surface area contributed by atoms with Gasteiger partial charge in [-0.1, -0.05) is 13.0 Å². The number of nitrogens with zero attached hydrogens (tertiary/aromatic N) is 4. The van der Waals surface area contributed by atoms with Crippen molar-refractivity contribution in [2.75, 3.05) is 19.0 Å². The summed E-state index contributed by atoms with van der Waals surface area (Å²) in [6.07, 6.45) is -4.47. The summed E-state index contributed by atoms with van der Waals surface area (Å²) >= 11 is 0. The number of halogens is 5. The van der Waals surface area contributed by atoms with E-state index in [1.165, 1.54) is 9.58 Å². The Morgan fingerprint density at radius 1 is 1.28 bits per heavy atom. The van der Waals surface area contributed by atoms with Crippen LogP contribution < -0.4 is 10.5 Å². The van der Waals surface area contributed by atoms with E-state index in [2.05, 4.69) is 15.1 Å². The molecule has 0 spiro atoms. The molecule has 6 nitrogen and oxygen atoms in total. The standard InChI is InChI=1S/C18H18F5N5O/c1-4-13(10-6-5-9(7-11(10)20)18(21,22)23)28-15-14(12(8-19)26-28)16(29)25-17(24-15)27(2)3/h5-7,13H,4,8H2,1-3H3,(H,24,25,29)/t13-/m0/s1. The quantitative estimate of drug-likeness (QED) is 0.644. The second-order valence-corrected chi connectivity index (χ2v) is 6.67. The molecule has 3 rings (SSSR count). The fraction of sp³-hybridized carbons (Fsp3) is 0.389. The summed E-state index contributed by atoms with van der Waals surface area (Å²) in [6, 6.07) is 1.32. The van der Waals surface area contributed by atoms with E-state index in [1.807, 2.05) is 0 Å². The van der Waals surface area contributed by atoms with Crippen LogP contribution in [0.3, 0.4) is 0 Å². The van der Waals surface area contributed by atoms with E-state index in [0.717, 1.165) is 12.1 Å². The van der Waals surface area contributed by atoms with Gasteiger partial charge in [-0.3, -0.25) is 9.78 Å². The molecule has 0 aliphatic rings. The predicted octanol–water partition coefficient (Wildman–Crippen LogP) is 3.81. The smallest absolute Gasteiger partial charge is 0.348 e. The van der Waals surface area contributed by atoms with E-state index in [0.29, 0.717) is 6.07 Å². The van der Waals surface area contributed by atoms with Crippen LogP contribution in [0.25, 0.3) is 11.0 Å². The van der Waals surface area contributed by atoms with E-state index >= 15 is 0 Å². The van der Waals surface area contributed by atoms with Crippen LogP contribution in [0.2, 0.25) is 0 Å². The molecule has 0 fully saturated rings. The lowest BCUT2D eigenvalue weighted by molar-refractivity contribution is -0.137. The molecule has 1 N–H and O–H groups in total. The summed E-state index contributed by atoms with van der Waals surface area (Å²) in [4.78, 5) is 20.7. The highest BCUT2D eigenvalue weighted by molar-refractivity contribution is 5.78. The molecule has 11 heteroatoms. The van der Waals surface area contributed by atoms with Crippen LogP contribution in [0.1, 0.15) is 36.2 Å². The molecule has 3 aromatic rings. The minimum Gasteiger partial charge on any atom is -0.348 e. The number of aromatic amines is 1. The summed E-state index contributed by atoms with van der Waals surface area (Å²) in [6.45, 7) is 0.617. The molecule has 0 unspecified atom stereocenters. The normalized spacial score (nSPS) is 13.1. The highest BCUT2D eigenvalue weighted by Crippen LogP contribution is 2.34. The van der Waals surface area contributed by atoms with E-state index < -0.39 is 35.8 Å². The first-order chi connectivity index (χ1) is 13.6. The van der Waals surface area contributed by atoms with Gasteiger partial charge in [-0.15, -0.1) is 0 Å². The van der Waals surface area contributed by atoms with Gasteiger partial charge in [-0.25, -0.2) is 13.5 Å². The number of hydrogen-bond donors (Lipinski definition) is 1. The maximum Gasteiger partial charge on any atom is 0.416 e. The molecule has 0 radical (unpaired) electrons. The Morgan fingerprint density at radius 2 is 1.97 bits per heavy atom. The van der Waals surface area contributed by atoms with Crippen LogP contribution in [0, 0.1) is 5.82 Å². The molecule has 156 valence electrons. The van der Waals surface area contributed by atoms with Crippen molar-refractivity contribution in [1.29, 1.82) is 0 Å². The zero-order chi connectivity index (χ0) is 21.5. The van der Waals surface area contributed by atoms with Crippen LogP contribution in [-0.2, 0) is 12.9 Å². The van der Waals surface area contributed by atoms with Crippen LogP contribution in [0.15, 0.2) is 23.0 Å². The number of nitrogens with one attached hydrogen (secondary N) is 1. The summed E-state index contributed by atoms with van der Waals surface area (Å²) in [5, 5.41) is 4.00. The van der Waals surface area contributed by atoms with Gasteiger partial charge >= 0.3 is 6.18 Å². The zero-order valence-electron chi connectivity index (χ0n) is 15.8. The van der Waals surface area contributed by atoms with E-state index in [1.54, 1.807) is 21.0 Å². The third-order valence-electron chi connectivity index (χ3n) is 4.54. The van der Waals surface area contributed by atoms with Gasteiger partial charge in [0.25, 0.3) is 5.56 Å². The van der Waals surface area contributed by atoms with E-state index in [-0.39, 0.29) is 34.7 Å². The number of H-pyrrole nitrogens is 1. The van der Waals surface area contributed by atoms with Gasteiger partial charge < -0.3 is 4.90 Å². The Bertz CT molecular complexity index is 1100. The Morgan fingerprint density at radius 3 is 2.48 bits per heavy atom. The van der Waals surface area contributed by atoms with Crippen molar-refractivity contribution >= 4 is 17.0 Å². The average Bonchev–Trinajstić information content (AvgIpc) is 3.02. The second-order valence-electron chi connectivity index (χ2n) is 6.67. The van der Waals surface area contributed by atoms with Crippen LogP contribution in [0.5, 0.6) is 0 Å². The van der Waals surface area contributed by atoms with Crippen molar-refractivity contribution in [3.05, 3.63) is 51.2 Å². The van der Waals surface area contributed by atoms with Crippen molar-refractivity contribution in [1.82, 2.24) is 19.7 Å². The van der Waals surface area contributed by atoms with Gasteiger partial charge in [0.2, 0.25) is 5.95 Å². The maximum absolute atomic E-state index is 14.6. The summed E-state index contributed by atoms with van der Waals surface area (Å²) < 4.78 is 67.8. The molecule has 0 bridgehead atoms. The molecule has 0 aliphatic carbocycles. The van der Waals surface area contributed by atoms with Gasteiger partial charge in [0.05, 0.1) is 11.6 Å². The maximum atomic E-state index is 14.6. The Balaban J connectivity index is 2.24. The Kier molecular flexibility index (Phi) is 5.33. The second kappa shape index (κ2) is 7.45. The minimum atomic E-state index is -4.68. The largest absolute Gasteiger partial charge is 0.416 e. The Hall–Kier alpha value is -2.98. The van der Waals surface area contributed by atoms with Gasteiger partial charge in [0, 0.05) is 19.7 Å². The number of aromatic nitrogens is 4. The summed E-state index contributed by atoms with van der Waals surface area (Å²) in [5.74, 6) is -0.897. The molecule has 29 heavy (non-hydrogen) atoms. The third-order valence-corrected chi connectivity index (χ3v) is 4.54. The van der Waals surface area contributed by atoms with Crippen LogP contribution in [0.4, 0.5) is 27.9 Å². The van der Waals surface area contributed by atoms with E-state index in [4.69, 9.17) is 0 Å². The molecule has 1 aromatic carbocycles. The minimum absolute atomic E-state index is 0.0243. The highest BCUT2D eigenvalue weighted by atomic mass is 19.4. The molecular formula is C18H18F5N5O. The first-order valence-corrected chi connectivity index (χ1v) is 8.69. The fourth-order valence-electron chi connectivity index (χ4n) is 3.12. The van der Waals surface area contributed by atoms with Crippen LogP contribution >= 0.6 is 0 Å². The van der Waals surface area contributed by atoms with Crippen LogP contribution in [-0.4, -0.2) is 33.8 Å². The third kappa shape index (κ3) is 3.68. The van der Waals surface area contributed by atoms with Crippen molar-refractivity contribution in [3.63, 3.8) is 0 Å². The zero-order valence-corrected chi connectivity index (χ0v) is 15.8. The molecule has 1 atom stereocenters. The molecule has 2 aromatic heterocycles. The molecular weight excluding hydrogens is 397 g/mol. The molecule has 2 heterocycles. The topological polar surface area (TPSA) is 66.8 Å². The SMILES string of the molecule is CC[C@@H](c1ccc(C(F)(F)F)cc1F)n1nc(CF)c2c(=O)[nH]c(N(C)C)nc21. The summed E-state index contributed by atoms with van der Waals surface area (Å²) in [7, 11) is 3.27. The lowest BCUT2D eigenvalue weighted by atomic mass is 10.0. The van der Waals surface area contributed by atoms with Crippen molar-refractivity contribution in [2.45, 2.75) is 32.2 Å². The molecule has 0 amide bonds. The molecule has 0 saturated carbocycles. The number of anilines is 1. The van der Waals surface area contributed by atoms with E-state index in [9.17, 15) is 26.7 Å². The molecule has 0 saturated heterocycles. The lowest BCUT2D eigenvalue weighted by Gasteiger charge is -2.19. The van der Waals surface area contributed by atoms with Crippen molar-refractivity contribution < 1.29 is 22.0 Å². The number of rotatable bonds is 5. The fourth-order valence-corrected chi connectivity index (χ4v) is 3.12. The monoisotopic (exact) mass is 415 g/mol. The van der Waals surface area contributed by atoms with Gasteiger partial charge in [0.15, 0.2) is 5.65 Å². The van der Waals surface area contributed by atoms with Gasteiger partial charge in [0.1, 0.15) is 23.6 Å². The number of benzene rings is 1.